The number of rotatable bonds is 4. The van der Waals surface area contributed by atoms with E-state index in [0.717, 1.165) is 45.2 Å². The smallest absolute Gasteiger partial charge is 0.251 e. The third-order valence-electron chi connectivity index (χ3n) is 5.41. The molecule has 5 heteroatoms. The van der Waals surface area contributed by atoms with Gasteiger partial charge in [0.2, 0.25) is 5.91 Å². The van der Waals surface area contributed by atoms with E-state index in [1.807, 2.05) is 11.0 Å². The van der Waals surface area contributed by atoms with Gasteiger partial charge in [0.05, 0.1) is 6.54 Å². The molecule has 1 N–H and O–H groups in total. The lowest BCUT2D eigenvalue weighted by atomic mass is 9.90. The SMILES string of the molecule is O=C(CN1CCCCC(O)C1=O)N1CCC(Cc2ccccc2)CC1. The van der Waals surface area contributed by atoms with Crippen LogP contribution in [0.1, 0.15) is 37.7 Å². The molecule has 3 rings (SSSR count). The average molecular weight is 344 g/mol. The van der Waals surface area contributed by atoms with E-state index in [9.17, 15) is 14.7 Å². The molecule has 0 spiro atoms. The highest BCUT2D eigenvalue weighted by Gasteiger charge is 2.29. The number of carbonyl (C=O) groups is 2. The monoisotopic (exact) mass is 344 g/mol. The molecule has 136 valence electrons. The van der Waals surface area contributed by atoms with Gasteiger partial charge in [-0.2, -0.15) is 0 Å². The molecule has 0 aromatic heterocycles. The molecule has 2 aliphatic heterocycles. The van der Waals surface area contributed by atoms with E-state index in [0.29, 0.717) is 18.9 Å². The van der Waals surface area contributed by atoms with Crippen molar-refractivity contribution in [2.24, 2.45) is 5.92 Å². The molecular weight excluding hydrogens is 316 g/mol. The van der Waals surface area contributed by atoms with Crippen LogP contribution in [-0.2, 0) is 16.0 Å². The number of carbonyl (C=O) groups excluding carboxylic acids is 2. The van der Waals surface area contributed by atoms with Gasteiger partial charge in [0, 0.05) is 19.6 Å². The minimum Gasteiger partial charge on any atom is -0.383 e. The summed E-state index contributed by atoms with van der Waals surface area (Å²) in [6.07, 6.45) is 4.35. The van der Waals surface area contributed by atoms with Gasteiger partial charge >= 0.3 is 0 Å². The minimum atomic E-state index is -0.938. The first-order valence-electron chi connectivity index (χ1n) is 9.42. The molecule has 1 aromatic rings. The van der Waals surface area contributed by atoms with Gasteiger partial charge in [-0.25, -0.2) is 0 Å². The molecule has 2 amide bonds. The van der Waals surface area contributed by atoms with Crippen LogP contribution < -0.4 is 0 Å². The second-order valence-electron chi connectivity index (χ2n) is 7.29. The zero-order valence-corrected chi connectivity index (χ0v) is 14.8. The molecule has 25 heavy (non-hydrogen) atoms. The third-order valence-corrected chi connectivity index (χ3v) is 5.41. The van der Waals surface area contributed by atoms with Crippen molar-refractivity contribution in [3.8, 4) is 0 Å². The first-order valence-corrected chi connectivity index (χ1v) is 9.42. The lowest BCUT2D eigenvalue weighted by molar-refractivity contribution is -0.145. The molecule has 1 atom stereocenters. The van der Waals surface area contributed by atoms with Crippen molar-refractivity contribution >= 4 is 11.8 Å². The highest BCUT2D eigenvalue weighted by molar-refractivity contribution is 5.87. The van der Waals surface area contributed by atoms with Gasteiger partial charge < -0.3 is 14.9 Å². The number of amides is 2. The van der Waals surface area contributed by atoms with Crippen LogP contribution in [0.2, 0.25) is 0 Å². The number of hydrogen-bond donors (Lipinski definition) is 1. The Bertz CT molecular complexity index is 582. The van der Waals surface area contributed by atoms with Crippen LogP contribution in [-0.4, -0.2) is 59.0 Å². The highest BCUT2D eigenvalue weighted by atomic mass is 16.3. The Morgan fingerprint density at radius 3 is 2.48 bits per heavy atom. The van der Waals surface area contributed by atoms with Crippen molar-refractivity contribution in [2.75, 3.05) is 26.2 Å². The number of benzene rings is 1. The van der Waals surface area contributed by atoms with Crippen LogP contribution in [0.5, 0.6) is 0 Å². The largest absolute Gasteiger partial charge is 0.383 e. The number of piperidine rings is 1. The van der Waals surface area contributed by atoms with Crippen LogP contribution in [0.4, 0.5) is 0 Å². The van der Waals surface area contributed by atoms with Crippen molar-refractivity contribution in [1.29, 1.82) is 0 Å². The van der Waals surface area contributed by atoms with Crippen LogP contribution >= 0.6 is 0 Å². The topological polar surface area (TPSA) is 60.9 Å². The Hall–Kier alpha value is -1.88. The average Bonchev–Trinajstić information content (AvgIpc) is 2.79. The summed E-state index contributed by atoms with van der Waals surface area (Å²) in [4.78, 5) is 28.1. The van der Waals surface area contributed by atoms with Crippen LogP contribution in [0.15, 0.2) is 30.3 Å². The first kappa shape index (κ1) is 17.9. The standard InChI is InChI=1S/C20H28N2O3/c23-18-8-4-5-11-22(20(18)25)15-19(24)21-12-9-17(10-13-21)14-16-6-2-1-3-7-16/h1-3,6-7,17-18,23H,4-5,8-15H2. The molecule has 1 aromatic carbocycles. The van der Waals surface area contributed by atoms with E-state index in [1.54, 1.807) is 0 Å². The molecule has 5 nitrogen and oxygen atoms in total. The minimum absolute atomic E-state index is 0.0145. The zero-order valence-electron chi connectivity index (χ0n) is 14.8. The van der Waals surface area contributed by atoms with Gasteiger partial charge in [-0.05, 0) is 50.0 Å². The van der Waals surface area contributed by atoms with E-state index in [4.69, 9.17) is 0 Å². The van der Waals surface area contributed by atoms with Crippen molar-refractivity contribution in [1.82, 2.24) is 9.80 Å². The maximum absolute atomic E-state index is 12.5. The maximum Gasteiger partial charge on any atom is 0.251 e. The van der Waals surface area contributed by atoms with Crippen molar-refractivity contribution in [2.45, 2.75) is 44.6 Å². The molecular formula is C20H28N2O3. The highest BCUT2D eigenvalue weighted by Crippen LogP contribution is 2.22. The molecule has 2 heterocycles. The maximum atomic E-state index is 12.5. The predicted octanol–water partition coefficient (Wildman–Crippen LogP) is 1.84. The summed E-state index contributed by atoms with van der Waals surface area (Å²) < 4.78 is 0. The van der Waals surface area contributed by atoms with Crippen LogP contribution in [0.3, 0.4) is 0 Å². The Morgan fingerprint density at radius 1 is 1.04 bits per heavy atom. The summed E-state index contributed by atoms with van der Waals surface area (Å²) in [5.41, 5.74) is 1.36. The summed E-state index contributed by atoms with van der Waals surface area (Å²) in [6.45, 7) is 2.22. The fourth-order valence-electron chi connectivity index (χ4n) is 3.84. The third kappa shape index (κ3) is 4.82. The summed E-state index contributed by atoms with van der Waals surface area (Å²) in [5.74, 6) is 0.346. The van der Waals surface area contributed by atoms with E-state index in [-0.39, 0.29) is 18.4 Å². The van der Waals surface area contributed by atoms with E-state index < -0.39 is 6.10 Å². The fraction of sp³-hybridized carbons (Fsp3) is 0.600. The number of hydrogen-bond acceptors (Lipinski definition) is 3. The molecule has 0 saturated carbocycles. The van der Waals surface area contributed by atoms with E-state index in [2.05, 4.69) is 24.3 Å². The molecule has 0 radical (unpaired) electrons. The normalized spacial score (nSPS) is 22.8. The van der Waals surface area contributed by atoms with Gasteiger partial charge in [-0.3, -0.25) is 9.59 Å². The summed E-state index contributed by atoms with van der Waals surface area (Å²) >= 11 is 0. The summed E-state index contributed by atoms with van der Waals surface area (Å²) in [7, 11) is 0. The number of aliphatic hydroxyl groups is 1. The van der Waals surface area contributed by atoms with Crippen LogP contribution in [0, 0.1) is 5.92 Å². The Morgan fingerprint density at radius 2 is 1.76 bits per heavy atom. The molecule has 2 fully saturated rings. The Balaban J connectivity index is 1.47. The van der Waals surface area contributed by atoms with Gasteiger partial charge in [0.25, 0.3) is 5.91 Å². The number of aliphatic hydroxyl groups excluding tert-OH is 1. The van der Waals surface area contributed by atoms with Gasteiger partial charge in [-0.1, -0.05) is 30.3 Å². The van der Waals surface area contributed by atoms with Gasteiger partial charge in [0.15, 0.2) is 0 Å². The second-order valence-corrected chi connectivity index (χ2v) is 7.29. The van der Waals surface area contributed by atoms with Crippen molar-refractivity contribution in [3.63, 3.8) is 0 Å². The van der Waals surface area contributed by atoms with E-state index in [1.165, 1.54) is 10.5 Å². The number of nitrogens with zero attached hydrogens (tertiary/aromatic N) is 2. The fourth-order valence-corrected chi connectivity index (χ4v) is 3.84. The molecule has 2 aliphatic rings. The quantitative estimate of drug-likeness (QED) is 0.907. The lowest BCUT2D eigenvalue weighted by Gasteiger charge is -2.33. The van der Waals surface area contributed by atoms with Crippen molar-refractivity contribution < 1.29 is 14.7 Å². The van der Waals surface area contributed by atoms with Crippen LogP contribution in [0.25, 0.3) is 0 Å². The lowest BCUT2D eigenvalue weighted by Crippen LogP contribution is -2.47. The predicted molar refractivity (Wildman–Crippen MR) is 95.9 cm³/mol. The summed E-state index contributed by atoms with van der Waals surface area (Å²) in [5, 5.41) is 9.81. The van der Waals surface area contributed by atoms with Gasteiger partial charge in [-0.15, -0.1) is 0 Å². The van der Waals surface area contributed by atoms with E-state index >= 15 is 0 Å². The zero-order chi connectivity index (χ0) is 17.6. The molecule has 2 saturated heterocycles. The molecule has 0 bridgehead atoms. The Kier molecular flexibility index (Phi) is 6.08. The molecule has 0 aliphatic carbocycles. The second kappa shape index (κ2) is 8.48. The van der Waals surface area contributed by atoms with Gasteiger partial charge in [0.1, 0.15) is 6.10 Å². The molecule has 1 unspecified atom stereocenters. The summed E-state index contributed by atoms with van der Waals surface area (Å²) in [6, 6.07) is 10.5. The van der Waals surface area contributed by atoms with Crippen molar-refractivity contribution in [3.05, 3.63) is 35.9 Å². The Labute approximate surface area is 149 Å². The number of likely N-dealkylation sites (tertiary alicyclic amines) is 2. The first-order chi connectivity index (χ1) is 12.1.